The first-order valence-electron chi connectivity index (χ1n) is 7.21. The molecule has 0 fully saturated rings. The van der Waals surface area contributed by atoms with Gasteiger partial charge in [-0.1, -0.05) is 32.4 Å². The highest BCUT2D eigenvalue weighted by atomic mass is 35.5. The fourth-order valence-electron chi connectivity index (χ4n) is 1.86. The van der Waals surface area contributed by atoms with Crippen LogP contribution in [-0.4, -0.2) is 12.6 Å². The number of anilines is 1. The summed E-state index contributed by atoms with van der Waals surface area (Å²) in [6, 6.07) is 6.37. The highest BCUT2D eigenvalue weighted by molar-refractivity contribution is 6.32. The molecule has 0 aromatic heterocycles. The fraction of sp³-hybridized carbons (Fsp3) is 0.625. The maximum atomic E-state index is 6.21. The van der Waals surface area contributed by atoms with E-state index in [0.717, 1.165) is 23.8 Å². The molecule has 1 aromatic rings. The second-order valence-electron chi connectivity index (χ2n) is 5.51. The summed E-state index contributed by atoms with van der Waals surface area (Å²) in [6.45, 7) is 9.50. The molecule has 0 radical (unpaired) electrons. The van der Waals surface area contributed by atoms with Gasteiger partial charge in [-0.2, -0.15) is 0 Å². The van der Waals surface area contributed by atoms with Gasteiger partial charge in [-0.3, -0.25) is 0 Å². The predicted octanol–water partition coefficient (Wildman–Crippen LogP) is 5.37. The molecule has 1 N–H and O–H groups in total. The van der Waals surface area contributed by atoms with Crippen LogP contribution < -0.4 is 10.1 Å². The average Bonchev–Trinajstić information content (AvgIpc) is 2.35. The SMILES string of the molecule is CCCOc1ccc(NC(C)CCC(C)C)cc1Cl. The third-order valence-electron chi connectivity index (χ3n) is 2.98. The lowest BCUT2D eigenvalue weighted by molar-refractivity contribution is 0.317. The van der Waals surface area contributed by atoms with Crippen LogP contribution in [0.2, 0.25) is 5.02 Å². The first-order valence-corrected chi connectivity index (χ1v) is 7.59. The fourth-order valence-corrected chi connectivity index (χ4v) is 2.09. The molecule has 2 nitrogen and oxygen atoms in total. The number of benzene rings is 1. The molecule has 1 aromatic carbocycles. The van der Waals surface area contributed by atoms with E-state index < -0.39 is 0 Å². The van der Waals surface area contributed by atoms with Crippen molar-refractivity contribution in [1.29, 1.82) is 0 Å². The minimum absolute atomic E-state index is 0.459. The van der Waals surface area contributed by atoms with E-state index in [1.54, 1.807) is 0 Å². The normalized spacial score (nSPS) is 12.5. The molecule has 3 heteroatoms. The molecule has 0 spiro atoms. The molecule has 1 atom stereocenters. The predicted molar refractivity (Wildman–Crippen MR) is 84.4 cm³/mol. The Labute approximate surface area is 122 Å². The Morgan fingerprint density at radius 2 is 1.95 bits per heavy atom. The third-order valence-corrected chi connectivity index (χ3v) is 3.28. The van der Waals surface area contributed by atoms with Crippen molar-refractivity contribution in [2.75, 3.05) is 11.9 Å². The summed E-state index contributed by atoms with van der Waals surface area (Å²) in [4.78, 5) is 0. The summed E-state index contributed by atoms with van der Waals surface area (Å²) >= 11 is 6.21. The minimum Gasteiger partial charge on any atom is -0.492 e. The lowest BCUT2D eigenvalue weighted by Crippen LogP contribution is -2.15. The van der Waals surface area contributed by atoms with Gasteiger partial charge in [-0.25, -0.2) is 0 Å². The van der Waals surface area contributed by atoms with Crippen molar-refractivity contribution in [2.45, 2.75) is 53.0 Å². The minimum atomic E-state index is 0.459. The van der Waals surface area contributed by atoms with Crippen molar-refractivity contribution >= 4 is 17.3 Å². The van der Waals surface area contributed by atoms with Crippen LogP contribution in [-0.2, 0) is 0 Å². The maximum Gasteiger partial charge on any atom is 0.138 e. The van der Waals surface area contributed by atoms with Gasteiger partial charge in [0.2, 0.25) is 0 Å². The van der Waals surface area contributed by atoms with Crippen LogP contribution in [0.15, 0.2) is 18.2 Å². The summed E-state index contributed by atoms with van der Waals surface area (Å²) in [6.07, 6.45) is 3.39. The standard InChI is InChI=1S/C16H26ClNO/c1-5-10-19-16-9-8-14(11-15(16)17)18-13(4)7-6-12(2)3/h8-9,11-13,18H,5-7,10H2,1-4H3. The summed E-state index contributed by atoms with van der Waals surface area (Å²) in [7, 11) is 0. The van der Waals surface area contributed by atoms with Gasteiger partial charge in [0.25, 0.3) is 0 Å². The monoisotopic (exact) mass is 283 g/mol. The van der Waals surface area contributed by atoms with Gasteiger partial charge in [0.15, 0.2) is 0 Å². The smallest absolute Gasteiger partial charge is 0.138 e. The second kappa shape index (κ2) is 8.31. The zero-order valence-corrected chi connectivity index (χ0v) is 13.3. The van der Waals surface area contributed by atoms with E-state index in [1.807, 2.05) is 18.2 Å². The molecule has 0 bridgehead atoms. The van der Waals surface area contributed by atoms with Gasteiger partial charge in [0.1, 0.15) is 5.75 Å². The molecule has 108 valence electrons. The van der Waals surface area contributed by atoms with Crippen molar-refractivity contribution in [3.05, 3.63) is 23.2 Å². The molecule has 1 unspecified atom stereocenters. The molecule has 1 rings (SSSR count). The lowest BCUT2D eigenvalue weighted by atomic mass is 10.0. The quantitative estimate of drug-likeness (QED) is 0.693. The molecule has 0 aliphatic heterocycles. The number of rotatable bonds is 8. The van der Waals surface area contributed by atoms with Crippen LogP contribution in [0.25, 0.3) is 0 Å². The first kappa shape index (κ1) is 16.2. The summed E-state index contributed by atoms with van der Waals surface area (Å²) in [5.74, 6) is 1.52. The molecule has 19 heavy (non-hydrogen) atoms. The molecule has 0 amide bonds. The van der Waals surface area contributed by atoms with Crippen molar-refractivity contribution in [2.24, 2.45) is 5.92 Å². The van der Waals surface area contributed by atoms with Crippen LogP contribution in [0, 0.1) is 5.92 Å². The zero-order chi connectivity index (χ0) is 14.3. The van der Waals surface area contributed by atoms with Gasteiger partial charge in [-0.05, 0) is 50.3 Å². The Balaban J connectivity index is 2.52. The van der Waals surface area contributed by atoms with E-state index in [4.69, 9.17) is 16.3 Å². The van der Waals surface area contributed by atoms with E-state index in [9.17, 15) is 0 Å². The van der Waals surface area contributed by atoms with Crippen molar-refractivity contribution in [3.8, 4) is 5.75 Å². The van der Waals surface area contributed by atoms with Gasteiger partial charge < -0.3 is 10.1 Å². The van der Waals surface area contributed by atoms with Crippen LogP contribution in [0.4, 0.5) is 5.69 Å². The Bertz CT molecular complexity index is 379. The van der Waals surface area contributed by atoms with E-state index in [0.29, 0.717) is 17.7 Å². The molecule has 0 saturated carbocycles. The zero-order valence-electron chi connectivity index (χ0n) is 12.5. The molecular weight excluding hydrogens is 258 g/mol. The van der Waals surface area contributed by atoms with Gasteiger partial charge in [-0.15, -0.1) is 0 Å². The van der Waals surface area contributed by atoms with Gasteiger partial charge >= 0.3 is 0 Å². The number of ether oxygens (including phenoxy) is 1. The highest BCUT2D eigenvalue weighted by Crippen LogP contribution is 2.28. The molecule has 0 aliphatic rings. The van der Waals surface area contributed by atoms with Crippen molar-refractivity contribution in [1.82, 2.24) is 0 Å². The van der Waals surface area contributed by atoms with Gasteiger partial charge in [0.05, 0.1) is 11.6 Å². The van der Waals surface area contributed by atoms with Crippen LogP contribution in [0.1, 0.15) is 47.0 Å². The first-order chi connectivity index (χ1) is 9.02. The Morgan fingerprint density at radius 1 is 1.21 bits per heavy atom. The number of nitrogens with one attached hydrogen (secondary N) is 1. The second-order valence-corrected chi connectivity index (χ2v) is 5.92. The molecule has 0 heterocycles. The highest BCUT2D eigenvalue weighted by Gasteiger charge is 2.06. The lowest BCUT2D eigenvalue weighted by Gasteiger charge is -2.17. The number of hydrogen-bond acceptors (Lipinski definition) is 2. The number of hydrogen-bond donors (Lipinski definition) is 1. The van der Waals surface area contributed by atoms with Crippen LogP contribution >= 0.6 is 11.6 Å². The molecule has 0 aliphatic carbocycles. The number of halogens is 1. The Hall–Kier alpha value is -0.890. The average molecular weight is 284 g/mol. The van der Waals surface area contributed by atoms with Crippen molar-refractivity contribution < 1.29 is 4.74 Å². The third kappa shape index (κ3) is 6.20. The molecule has 0 saturated heterocycles. The maximum absolute atomic E-state index is 6.21. The van der Waals surface area contributed by atoms with E-state index in [2.05, 4.69) is 33.0 Å². The summed E-state index contributed by atoms with van der Waals surface area (Å²) in [5, 5.41) is 4.16. The van der Waals surface area contributed by atoms with Gasteiger partial charge in [0, 0.05) is 11.7 Å². The Kier molecular flexibility index (Phi) is 7.07. The van der Waals surface area contributed by atoms with E-state index in [-0.39, 0.29) is 0 Å². The summed E-state index contributed by atoms with van der Waals surface area (Å²) < 4.78 is 5.57. The largest absolute Gasteiger partial charge is 0.492 e. The Morgan fingerprint density at radius 3 is 2.53 bits per heavy atom. The topological polar surface area (TPSA) is 21.3 Å². The summed E-state index contributed by atoms with van der Waals surface area (Å²) in [5.41, 5.74) is 1.06. The van der Waals surface area contributed by atoms with E-state index >= 15 is 0 Å². The van der Waals surface area contributed by atoms with Crippen molar-refractivity contribution in [3.63, 3.8) is 0 Å². The molecular formula is C16H26ClNO. The van der Waals surface area contributed by atoms with Crippen LogP contribution in [0.5, 0.6) is 5.75 Å². The van der Waals surface area contributed by atoms with E-state index in [1.165, 1.54) is 12.8 Å². The van der Waals surface area contributed by atoms with Crippen LogP contribution in [0.3, 0.4) is 0 Å².